The summed E-state index contributed by atoms with van der Waals surface area (Å²) in [4.78, 5) is 16.7. The minimum atomic E-state index is -3.97. The second kappa shape index (κ2) is 8.50. The molecule has 3 aromatic carbocycles. The number of furan rings is 1. The third-order valence-corrected chi connectivity index (χ3v) is 8.22. The van der Waals surface area contributed by atoms with Crippen LogP contribution in [0.25, 0.3) is 42.7 Å². The first-order valence-electron chi connectivity index (χ1n) is 10.7. The molecule has 1 atom stereocenters. The molecule has 0 saturated heterocycles. The molecule has 2 heterocycles. The molecule has 0 aliphatic heterocycles. The smallest absolute Gasteiger partial charge is 0.324 e. The Hall–Kier alpha value is -3.27. The predicted molar refractivity (Wildman–Crippen MR) is 133 cm³/mol. The average Bonchev–Trinajstić information content (AvgIpc) is 3.42. The van der Waals surface area contributed by atoms with Gasteiger partial charge in [-0.2, -0.15) is 4.72 Å². The van der Waals surface area contributed by atoms with Crippen LogP contribution < -0.4 is 4.72 Å². The van der Waals surface area contributed by atoms with Crippen LogP contribution in [-0.4, -0.2) is 32.5 Å². The van der Waals surface area contributed by atoms with Gasteiger partial charge in [-0.1, -0.05) is 32.0 Å². The molecule has 9 heteroatoms. The monoisotopic (exact) mass is 494 g/mol. The lowest BCUT2D eigenvalue weighted by Crippen LogP contribution is -2.44. The summed E-state index contributed by atoms with van der Waals surface area (Å²) < 4.78 is 40.3. The molecule has 174 valence electrons. The van der Waals surface area contributed by atoms with Crippen LogP contribution in [0.3, 0.4) is 0 Å². The third kappa shape index (κ3) is 3.96. The van der Waals surface area contributed by atoms with Gasteiger partial charge in [0.05, 0.1) is 22.2 Å². The molecule has 0 spiro atoms. The van der Waals surface area contributed by atoms with Crippen molar-refractivity contribution in [2.45, 2.75) is 24.8 Å². The van der Waals surface area contributed by atoms with Gasteiger partial charge in [0.15, 0.2) is 0 Å². The summed E-state index contributed by atoms with van der Waals surface area (Å²) in [6, 6.07) is 17.6. The van der Waals surface area contributed by atoms with Crippen LogP contribution in [0.5, 0.6) is 0 Å². The molecule has 34 heavy (non-hydrogen) atoms. The van der Waals surface area contributed by atoms with Crippen LogP contribution in [0, 0.1) is 5.92 Å². The Morgan fingerprint density at radius 1 is 1.03 bits per heavy atom. The average molecular weight is 495 g/mol. The van der Waals surface area contributed by atoms with Gasteiger partial charge in [-0.15, -0.1) is 11.3 Å². The second-order valence-electron chi connectivity index (χ2n) is 8.32. The molecular weight excluding hydrogens is 472 g/mol. The molecule has 0 saturated carbocycles. The van der Waals surface area contributed by atoms with Crippen LogP contribution in [0.4, 0.5) is 0 Å². The number of para-hydroxylation sites is 1. The summed E-state index contributed by atoms with van der Waals surface area (Å²) in [6.45, 7) is 3.49. The fourth-order valence-electron chi connectivity index (χ4n) is 3.87. The Kier molecular flexibility index (Phi) is 5.63. The number of hydrogen-bond donors (Lipinski definition) is 1. The molecule has 0 amide bonds. The summed E-state index contributed by atoms with van der Waals surface area (Å²) in [5, 5.41) is 2.57. The van der Waals surface area contributed by atoms with Crippen molar-refractivity contribution in [1.29, 1.82) is 0 Å². The fourth-order valence-corrected chi connectivity index (χ4v) is 6.18. The first-order valence-corrected chi connectivity index (χ1v) is 13.0. The highest BCUT2D eigenvalue weighted by Gasteiger charge is 2.29. The van der Waals surface area contributed by atoms with Crippen molar-refractivity contribution < 1.29 is 22.4 Å². The number of hydrogen-bond acceptors (Lipinski definition) is 7. The number of aromatic nitrogens is 1. The maximum absolute atomic E-state index is 13.0. The van der Waals surface area contributed by atoms with Crippen molar-refractivity contribution in [3.05, 3.63) is 60.7 Å². The Labute approximate surface area is 200 Å². The highest BCUT2D eigenvalue weighted by atomic mass is 32.2. The van der Waals surface area contributed by atoms with Gasteiger partial charge in [-0.3, -0.25) is 4.79 Å². The van der Waals surface area contributed by atoms with Gasteiger partial charge in [0.2, 0.25) is 10.0 Å². The third-order valence-electron chi connectivity index (χ3n) is 5.70. The standard InChI is InChI=1S/C25H22N2O5S2/c1-14(2)23(25(28)31-3)27-34(29,30)16-9-11-18-17-10-8-15(12-20(17)32-21(18)13-16)24-26-19-6-4-5-7-22(19)33-24/h4-14,23,27H,1-3H3/t23-/m0/s1. The van der Waals surface area contributed by atoms with Crippen LogP contribution >= 0.6 is 11.3 Å². The molecule has 5 rings (SSSR count). The molecule has 0 bridgehead atoms. The number of esters is 1. The number of carbonyl (C=O) groups is 1. The zero-order valence-corrected chi connectivity index (χ0v) is 20.4. The van der Waals surface area contributed by atoms with Crippen LogP contribution in [-0.2, 0) is 19.6 Å². The molecule has 0 fully saturated rings. The van der Waals surface area contributed by atoms with E-state index in [1.807, 2.05) is 42.5 Å². The van der Waals surface area contributed by atoms with Crippen molar-refractivity contribution >= 4 is 59.5 Å². The van der Waals surface area contributed by atoms with Gasteiger partial charge >= 0.3 is 5.97 Å². The van der Waals surface area contributed by atoms with E-state index in [9.17, 15) is 13.2 Å². The maximum atomic E-state index is 13.0. The normalized spacial score (nSPS) is 13.2. The van der Waals surface area contributed by atoms with E-state index in [0.29, 0.717) is 11.2 Å². The number of benzene rings is 3. The Balaban J connectivity index is 1.53. The Morgan fingerprint density at radius 2 is 1.74 bits per heavy atom. The molecular formula is C25H22N2O5S2. The zero-order valence-electron chi connectivity index (χ0n) is 18.7. The highest BCUT2D eigenvalue weighted by Crippen LogP contribution is 2.35. The van der Waals surface area contributed by atoms with E-state index in [0.717, 1.165) is 31.6 Å². The van der Waals surface area contributed by atoms with Crippen molar-refractivity contribution in [3.63, 3.8) is 0 Å². The number of nitrogens with zero attached hydrogens (tertiary/aromatic N) is 1. The lowest BCUT2D eigenvalue weighted by molar-refractivity contribution is -0.143. The fraction of sp³-hybridized carbons (Fsp3) is 0.200. The van der Waals surface area contributed by atoms with Crippen molar-refractivity contribution in [1.82, 2.24) is 9.71 Å². The van der Waals surface area contributed by atoms with E-state index in [2.05, 4.69) is 4.72 Å². The van der Waals surface area contributed by atoms with Gasteiger partial charge in [0, 0.05) is 22.4 Å². The number of methoxy groups -OCH3 is 1. The van der Waals surface area contributed by atoms with Gasteiger partial charge in [0.25, 0.3) is 0 Å². The number of carbonyl (C=O) groups excluding carboxylic acids is 1. The lowest BCUT2D eigenvalue weighted by Gasteiger charge is -2.19. The molecule has 0 unspecified atom stereocenters. The molecule has 5 aromatic rings. The van der Waals surface area contributed by atoms with Gasteiger partial charge < -0.3 is 9.15 Å². The number of thiazole rings is 1. The van der Waals surface area contributed by atoms with Crippen LogP contribution in [0.2, 0.25) is 0 Å². The minimum absolute atomic E-state index is 0.0139. The van der Waals surface area contributed by atoms with Crippen LogP contribution in [0.1, 0.15) is 13.8 Å². The first kappa shape index (κ1) is 22.5. The predicted octanol–water partition coefficient (Wildman–Crippen LogP) is 5.34. The highest BCUT2D eigenvalue weighted by molar-refractivity contribution is 7.89. The Bertz CT molecular complexity index is 1620. The number of sulfonamides is 1. The summed E-state index contributed by atoms with van der Waals surface area (Å²) >= 11 is 1.61. The molecule has 2 aromatic heterocycles. The largest absolute Gasteiger partial charge is 0.468 e. The number of ether oxygens (including phenoxy) is 1. The topological polar surface area (TPSA) is 98.5 Å². The summed E-state index contributed by atoms with van der Waals surface area (Å²) in [5.74, 6) is -0.913. The lowest BCUT2D eigenvalue weighted by atomic mass is 10.1. The van der Waals surface area contributed by atoms with E-state index in [1.165, 1.54) is 19.2 Å². The van der Waals surface area contributed by atoms with Crippen LogP contribution in [0.15, 0.2) is 70.0 Å². The molecule has 0 radical (unpaired) electrons. The quantitative estimate of drug-likeness (QED) is 0.320. The van der Waals surface area contributed by atoms with E-state index in [1.54, 1.807) is 31.3 Å². The number of fused-ring (bicyclic) bond motifs is 4. The number of rotatable bonds is 6. The summed E-state index contributed by atoms with van der Waals surface area (Å²) in [6.07, 6.45) is 0. The summed E-state index contributed by atoms with van der Waals surface area (Å²) in [5.41, 5.74) is 2.96. The molecule has 0 aliphatic carbocycles. The van der Waals surface area contributed by atoms with E-state index >= 15 is 0 Å². The first-order chi connectivity index (χ1) is 16.3. The van der Waals surface area contributed by atoms with Crippen molar-refractivity contribution in [3.8, 4) is 10.6 Å². The van der Waals surface area contributed by atoms with Crippen molar-refractivity contribution in [2.75, 3.05) is 7.11 Å². The number of nitrogens with one attached hydrogen (secondary N) is 1. The van der Waals surface area contributed by atoms with Gasteiger partial charge in [0.1, 0.15) is 22.2 Å². The van der Waals surface area contributed by atoms with E-state index in [-0.39, 0.29) is 10.8 Å². The minimum Gasteiger partial charge on any atom is -0.468 e. The molecule has 1 N–H and O–H groups in total. The van der Waals surface area contributed by atoms with E-state index in [4.69, 9.17) is 14.1 Å². The van der Waals surface area contributed by atoms with Crippen molar-refractivity contribution in [2.24, 2.45) is 5.92 Å². The molecule has 7 nitrogen and oxygen atoms in total. The second-order valence-corrected chi connectivity index (χ2v) is 11.1. The summed E-state index contributed by atoms with van der Waals surface area (Å²) in [7, 11) is -2.74. The molecule has 0 aliphatic rings. The Morgan fingerprint density at radius 3 is 2.44 bits per heavy atom. The maximum Gasteiger partial charge on any atom is 0.324 e. The van der Waals surface area contributed by atoms with Gasteiger partial charge in [-0.05, 0) is 42.3 Å². The van der Waals surface area contributed by atoms with Gasteiger partial charge in [-0.25, -0.2) is 13.4 Å². The SMILES string of the molecule is COC(=O)[C@@H](NS(=O)(=O)c1ccc2c(c1)oc1cc(-c3nc4ccccc4s3)ccc12)C(C)C. The zero-order chi connectivity index (χ0) is 24.0. The van der Waals surface area contributed by atoms with E-state index < -0.39 is 22.0 Å².